The van der Waals surface area contributed by atoms with Crippen LogP contribution < -0.4 is 10.1 Å². The highest BCUT2D eigenvalue weighted by Gasteiger charge is 2.05. The zero-order valence-electron chi connectivity index (χ0n) is 12.6. The molecular weight excluding hydrogens is 262 g/mol. The van der Waals surface area contributed by atoms with Gasteiger partial charge in [-0.2, -0.15) is 0 Å². The van der Waals surface area contributed by atoms with Crippen molar-refractivity contribution in [1.82, 2.24) is 5.32 Å². The number of methoxy groups -OCH3 is 1. The van der Waals surface area contributed by atoms with Crippen molar-refractivity contribution >= 4 is 5.91 Å². The molecule has 1 N–H and O–H groups in total. The van der Waals surface area contributed by atoms with Crippen molar-refractivity contribution in [3.63, 3.8) is 0 Å². The van der Waals surface area contributed by atoms with Gasteiger partial charge in [0.1, 0.15) is 5.75 Å². The first-order valence-corrected chi connectivity index (χ1v) is 7.23. The van der Waals surface area contributed by atoms with E-state index < -0.39 is 0 Å². The monoisotopic (exact) mass is 283 g/mol. The summed E-state index contributed by atoms with van der Waals surface area (Å²) < 4.78 is 5.12. The molecule has 21 heavy (non-hydrogen) atoms. The third-order valence-corrected chi connectivity index (χ3v) is 3.46. The second kappa shape index (κ2) is 7.48. The van der Waals surface area contributed by atoms with E-state index >= 15 is 0 Å². The van der Waals surface area contributed by atoms with Crippen LogP contribution in [0.4, 0.5) is 0 Å². The maximum Gasteiger partial charge on any atom is 0.251 e. The molecule has 0 radical (unpaired) electrons. The Hall–Kier alpha value is -2.29. The predicted octanol–water partition coefficient (Wildman–Crippen LogP) is 3.23. The smallest absolute Gasteiger partial charge is 0.251 e. The van der Waals surface area contributed by atoms with E-state index in [1.807, 2.05) is 48.5 Å². The molecule has 1 amide bonds. The van der Waals surface area contributed by atoms with Crippen molar-refractivity contribution in [2.45, 2.75) is 19.8 Å². The van der Waals surface area contributed by atoms with Gasteiger partial charge in [0.2, 0.25) is 0 Å². The lowest BCUT2D eigenvalue weighted by atomic mass is 10.1. The summed E-state index contributed by atoms with van der Waals surface area (Å²) in [6.07, 6.45) is 1.75. The number of nitrogens with one attached hydrogen (secondary N) is 1. The summed E-state index contributed by atoms with van der Waals surface area (Å²) in [5.74, 6) is 0.831. The highest BCUT2D eigenvalue weighted by Crippen LogP contribution is 2.11. The molecule has 0 saturated heterocycles. The van der Waals surface area contributed by atoms with Gasteiger partial charge in [0.05, 0.1) is 7.11 Å². The van der Waals surface area contributed by atoms with E-state index in [1.165, 1.54) is 11.1 Å². The molecule has 2 aromatic carbocycles. The molecule has 0 aliphatic heterocycles. The fraction of sp³-hybridized carbons (Fsp3) is 0.278. The van der Waals surface area contributed by atoms with Crippen molar-refractivity contribution in [1.29, 1.82) is 0 Å². The summed E-state index contributed by atoms with van der Waals surface area (Å²) in [5, 5.41) is 2.96. The second-order valence-corrected chi connectivity index (χ2v) is 4.91. The van der Waals surface area contributed by atoms with Crippen molar-refractivity contribution in [2.24, 2.45) is 0 Å². The van der Waals surface area contributed by atoms with E-state index in [4.69, 9.17) is 4.74 Å². The maximum atomic E-state index is 12.1. The fourth-order valence-electron chi connectivity index (χ4n) is 2.15. The van der Waals surface area contributed by atoms with E-state index in [1.54, 1.807) is 7.11 Å². The van der Waals surface area contributed by atoms with Gasteiger partial charge in [-0.3, -0.25) is 4.79 Å². The molecule has 2 rings (SSSR count). The number of rotatable bonds is 6. The molecule has 0 saturated carbocycles. The third kappa shape index (κ3) is 4.35. The minimum atomic E-state index is -0.0150. The Morgan fingerprint density at radius 2 is 1.86 bits per heavy atom. The van der Waals surface area contributed by atoms with E-state index in [2.05, 4.69) is 12.2 Å². The van der Waals surface area contributed by atoms with Gasteiger partial charge >= 0.3 is 0 Å². The normalized spacial score (nSPS) is 10.2. The molecule has 3 nitrogen and oxygen atoms in total. The third-order valence-electron chi connectivity index (χ3n) is 3.46. The van der Waals surface area contributed by atoms with Crippen LogP contribution in [0.5, 0.6) is 5.75 Å². The number of carbonyl (C=O) groups excluding carboxylic acids is 1. The minimum absolute atomic E-state index is 0.0150. The van der Waals surface area contributed by atoms with Crippen LogP contribution in [-0.4, -0.2) is 19.6 Å². The highest BCUT2D eigenvalue weighted by atomic mass is 16.5. The summed E-state index contributed by atoms with van der Waals surface area (Å²) in [6.45, 7) is 2.71. The zero-order chi connectivity index (χ0) is 15.1. The summed E-state index contributed by atoms with van der Waals surface area (Å²) in [5.41, 5.74) is 3.08. The number of hydrogen-bond donors (Lipinski definition) is 1. The van der Waals surface area contributed by atoms with Crippen LogP contribution in [0.25, 0.3) is 0 Å². The van der Waals surface area contributed by atoms with Crippen LogP contribution in [0.15, 0.2) is 48.5 Å². The van der Waals surface area contributed by atoms with Crippen molar-refractivity contribution in [3.8, 4) is 5.75 Å². The Labute approximate surface area is 126 Å². The Morgan fingerprint density at radius 3 is 2.52 bits per heavy atom. The lowest BCUT2D eigenvalue weighted by Crippen LogP contribution is -2.25. The maximum absolute atomic E-state index is 12.1. The van der Waals surface area contributed by atoms with Gasteiger partial charge in [0.25, 0.3) is 5.91 Å². The minimum Gasteiger partial charge on any atom is -0.497 e. The van der Waals surface area contributed by atoms with E-state index in [-0.39, 0.29) is 5.91 Å². The first kappa shape index (κ1) is 15.1. The first-order chi connectivity index (χ1) is 10.2. The molecule has 0 unspecified atom stereocenters. The van der Waals surface area contributed by atoms with Crippen LogP contribution in [0.1, 0.15) is 28.4 Å². The van der Waals surface area contributed by atoms with Crippen LogP contribution in [0.2, 0.25) is 0 Å². The van der Waals surface area contributed by atoms with Gasteiger partial charge < -0.3 is 10.1 Å². The Bertz CT molecular complexity index is 590. The van der Waals surface area contributed by atoms with Gasteiger partial charge in [0.15, 0.2) is 0 Å². The molecule has 0 spiro atoms. The molecule has 3 heteroatoms. The first-order valence-electron chi connectivity index (χ1n) is 7.23. The molecule has 0 atom stereocenters. The highest BCUT2D eigenvalue weighted by molar-refractivity contribution is 5.94. The number of aryl methyl sites for hydroxylation is 1. The van der Waals surface area contributed by atoms with Gasteiger partial charge in [-0.15, -0.1) is 0 Å². The number of benzene rings is 2. The van der Waals surface area contributed by atoms with E-state index in [0.717, 1.165) is 24.2 Å². The zero-order valence-corrected chi connectivity index (χ0v) is 12.6. The quantitative estimate of drug-likeness (QED) is 0.884. The Morgan fingerprint density at radius 1 is 1.10 bits per heavy atom. The number of amides is 1. The van der Waals surface area contributed by atoms with Gasteiger partial charge in [-0.25, -0.2) is 0 Å². The molecule has 0 heterocycles. The molecule has 2 aromatic rings. The lowest BCUT2D eigenvalue weighted by molar-refractivity contribution is 0.0954. The molecule has 0 bridgehead atoms. The van der Waals surface area contributed by atoms with Crippen molar-refractivity contribution in [3.05, 3.63) is 65.2 Å². The van der Waals surface area contributed by atoms with Crippen LogP contribution in [0, 0.1) is 0 Å². The van der Waals surface area contributed by atoms with Crippen LogP contribution >= 0.6 is 0 Å². The second-order valence-electron chi connectivity index (χ2n) is 4.91. The standard InChI is InChI=1S/C18H21NO2/c1-3-14-5-4-6-16(13-14)18(20)19-12-11-15-7-9-17(21-2)10-8-15/h4-10,13H,3,11-12H2,1-2H3,(H,19,20). The molecule has 0 aliphatic rings. The summed E-state index contributed by atoms with van der Waals surface area (Å²) in [4.78, 5) is 12.1. The van der Waals surface area contributed by atoms with Crippen molar-refractivity contribution < 1.29 is 9.53 Å². The lowest BCUT2D eigenvalue weighted by Gasteiger charge is -2.07. The number of hydrogen-bond acceptors (Lipinski definition) is 2. The Kier molecular flexibility index (Phi) is 5.38. The van der Waals surface area contributed by atoms with Crippen LogP contribution in [0.3, 0.4) is 0 Å². The summed E-state index contributed by atoms with van der Waals surface area (Å²) in [6, 6.07) is 15.7. The summed E-state index contributed by atoms with van der Waals surface area (Å²) >= 11 is 0. The van der Waals surface area contributed by atoms with Crippen LogP contribution in [-0.2, 0) is 12.8 Å². The number of carbonyl (C=O) groups is 1. The SMILES string of the molecule is CCc1cccc(C(=O)NCCc2ccc(OC)cc2)c1. The van der Waals surface area contributed by atoms with Gasteiger partial charge in [0, 0.05) is 12.1 Å². The summed E-state index contributed by atoms with van der Waals surface area (Å²) in [7, 11) is 1.65. The molecular formula is C18H21NO2. The predicted molar refractivity (Wildman–Crippen MR) is 84.9 cm³/mol. The number of ether oxygens (including phenoxy) is 1. The molecule has 0 fully saturated rings. The molecule has 0 aliphatic carbocycles. The average Bonchev–Trinajstić information content (AvgIpc) is 2.55. The van der Waals surface area contributed by atoms with Crippen molar-refractivity contribution in [2.75, 3.05) is 13.7 Å². The van der Waals surface area contributed by atoms with Gasteiger partial charge in [-0.05, 0) is 48.2 Å². The largest absolute Gasteiger partial charge is 0.497 e. The topological polar surface area (TPSA) is 38.3 Å². The average molecular weight is 283 g/mol. The Balaban J connectivity index is 1.85. The van der Waals surface area contributed by atoms with E-state index in [9.17, 15) is 4.79 Å². The van der Waals surface area contributed by atoms with Gasteiger partial charge in [-0.1, -0.05) is 31.2 Å². The molecule has 110 valence electrons. The van der Waals surface area contributed by atoms with E-state index in [0.29, 0.717) is 6.54 Å². The molecule has 0 aromatic heterocycles. The fourth-order valence-corrected chi connectivity index (χ4v) is 2.15.